The highest BCUT2D eigenvalue weighted by molar-refractivity contribution is 5.88. The van der Waals surface area contributed by atoms with E-state index in [2.05, 4.69) is 0 Å². The third-order valence-corrected chi connectivity index (χ3v) is 4.43. The lowest BCUT2D eigenvalue weighted by Crippen LogP contribution is -2.51. The normalized spacial score (nSPS) is 15.5. The highest BCUT2D eigenvalue weighted by Crippen LogP contribution is 2.20. The summed E-state index contributed by atoms with van der Waals surface area (Å²) in [5, 5.41) is 0. The number of para-hydroxylation sites is 1. The van der Waals surface area contributed by atoms with Crippen molar-refractivity contribution in [1.82, 2.24) is 9.80 Å². The van der Waals surface area contributed by atoms with Gasteiger partial charge in [-0.3, -0.25) is 9.59 Å². The Hall–Kier alpha value is -2.30. The maximum absolute atomic E-state index is 12.5. The second-order valence-corrected chi connectivity index (χ2v) is 6.78. The van der Waals surface area contributed by atoms with Crippen LogP contribution in [0, 0.1) is 5.92 Å². The number of hydrogen-bond acceptors (Lipinski definition) is 3. The first-order valence-electron chi connectivity index (χ1n) is 8.79. The van der Waals surface area contributed by atoms with Gasteiger partial charge in [0.15, 0.2) is 0 Å². The maximum atomic E-state index is 12.5. The van der Waals surface area contributed by atoms with Gasteiger partial charge in [0.1, 0.15) is 5.75 Å². The van der Waals surface area contributed by atoms with Crippen molar-refractivity contribution in [2.75, 3.05) is 33.3 Å². The summed E-state index contributed by atoms with van der Waals surface area (Å²) in [4.78, 5) is 28.2. The van der Waals surface area contributed by atoms with Crippen molar-refractivity contribution in [2.24, 2.45) is 5.92 Å². The number of benzene rings is 1. The molecule has 1 fully saturated rings. The molecule has 1 aromatic carbocycles. The van der Waals surface area contributed by atoms with Crippen LogP contribution in [0.2, 0.25) is 0 Å². The van der Waals surface area contributed by atoms with Crippen LogP contribution in [0.1, 0.15) is 26.3 Å². The third kappa shape index (κ3) is 5.08. The van der Waals surface area contributed by atoms with Gasteiger partial charge in [0.05, 0.1) is 7.11 Å². The van der Waals surface area contributed by atoms with Gasteiger partial charge in [-0.1, -0.05) is 37.6 Å². The molecule has 0 N–H and O–H groups in total. The Morgan fingerprint density at radius 1 is 1.12 bits per heavy atom. The number of amides is 2. The van der Waals surface area contributed by atoms with Crippen LogP contribution in [0.15, 0.2) is 35.9 Å². The number of methoxy groups -OCH3 is 1. The molecule has 1 heterocycles. The Kier molecular flexibility index (Phi) is 6.62. The Bertz CT molecular complexity index is 644. The minimum absolute atomic E-state index is 0.00486. The standard InChI is InChI=1S/C20H28N2O3/c1-15(2)20(24)22-11-9-21(10-12-22)19(23)14-16(3)13-17-7-5-6-8-18(17)25-4/h5-8,14-15H,9-13H2,1-4H3. The van der Waals surface area contributed by atoms with Gasteiger partial charge >= 0.3 is 0 Å². The van der Waals surface area contributed by atoms with Crippen LogP contribution in [-0.2, 0) is 16.0 Å². The SMILES string of the molecule is COc1ccccc1CC(C)=CC(=O)N1CCN(C(=O)C(C)C)CC1. The Morgan fingerprint density at radius 3 is 2.32 bits per heavy atom. The molecule has 0 spiro atoms. The topological polar surface area (TPSA) is 49.9 Å². The fraction of sp³-hybridized carbons (Fsp3) is 0.500. The molecular weight excluding hydrogens is 316 g/mol. The van der Waals surface area contributed by atoms with Crippen molar-refractivity contribution in [2.45, 2.75) is 27.2 Å². The molecule has 1 aromatic rings. The molecule has 0 saturated carbocycles. The summed E-state index contributed by atoms with van der Waals surface area (Å²) in [5.41, 5.74) is 2.06. The maximum Gasteiger partial charge on any atom is 0.246 e. The zero-order valence-corrected chi connectivity index (χ0v) is 15.6. The van der Waals surface area contributed by atoms with E-state index in [9.17, 15) is 9.59 Å². The highest BCUT2D eigenvalue weighted by Gasteiger charge is 2.24. The molecule has 0 aliphatic carbocycles. The van der Waals surface area contributed by atoms with E-state index in [-0.39, 0.29) is 17.7 Å². The monoisotopic (exact) mass is 344 g/mol. The van der Waals surface area contributed by atoms with Crippen molar-refractivity contribution >= 4 is 11.8 Å². The molecule has 0 radical (unpaired) electrons. The first-order chi connectivity index (χ1) is 11.9. The molecular formula is C20H28N2O3. The molecule has 0 aromatic heterocycles. The second kappa shape index (κ2) is 8.70. The van der Waals surface area contributed by atoms with Crippen LogP contribution in [0.3, 0.4) is 0 Å². The van der Waals surface area contributed by atoms with Crippen LogP contribution < -0.4 is 4.74 Å². The van der Waals surface area contributed by atoms with Gasteiger partial charge in [-0.15, -0.1) is 0 Å². The smallest absolute Gasteiger partial charge is 0.246 e. The molecule has 1 saturated heterocycles. The molecule has 2 rings (SSSR count). The lowest BCUT2D eigenvalue weighted by atomic mass is 10.0. The zero-order valence-electron chi connectivity index (χ0n) is 15.6. The largest absolute Gasteiger partial charge is 0.496 e. The third-order valence-electron chi connectivity index (χ3n) is 4.43. The van der Waals surface area contributed by atoms with E-state index in [1.807, 2.05) is 54.8 Å². The predicted octanol–water partition coefficient (Wildman–Crippen LogP) is 2.51. The molecule has 5 heteroatoms. The molecule has 0 atom stereocenters. The summed E-state index contributed by atoms with van der Waals surface area (Å²) in [6, 6.07) is 7.84. The van der Waals surface area contributed by atoms with E-state index < -0.39 is 0 Å². The fourth-order valence-corrected chi connectivity index (χ4v) is 3.01. The summed E-state index contributed by atoms with van der Waals surface area (Å²) < 4.78 is 5.36. The van der Waals surface area contributed by atoms with E-state index in [0.29, 0.717) is 32.6 Å². The summed E-state index contributed by atoms with van der Waals surface area (Å²) in [6.45, 7) is 8.19. The van der Waals surface area contributed by atoms with Crippen LogP contribution >= 0.6 is 0 Å². The number of carbonyl (C=O) groups excluding carboxylic acids is 2. The molecule has 136 valence electrons. The van der Waals surface area contributed by atoms with Gasteiger partial charge in [0.2, 0.25) is 11.8 Å². The lowest BCUT2D eigenvalue weighted by molar-refractivity contribution is -0.139. The number of carbonyl (C=O) groups is 2. The van der Waals surface area contributed by atoms with Crippen LogP contribution in [0.5, 0.6) is 5.75 Å². The number of piperazine rings is 1. The van der Waals surface area contributed by atoms with Crippen LogP contribution in [-0.4, -0.2) is 54.9 Å². The quantitative estimate of drug-likeness (QED) is 0.771. The van der Waals surface area contributed by atoms with Gasteiger partial charge in [-0.2, -0.15) is 0 Å². The minimum atomic E-state index is 0.00486. The number of hydrogen-bond donors (Lipinski definition) is 0. The van der Waals surface area contributed by atoms with Crippen LogP contribution in [0.4, 0.5) is 0 Å². The van der Waals surface area contributed by atoms with Crippen molar-refractivity contribution in [3.05, 3.63) is 41.5 Å². The number of ether oxygens (including phenoxy) is 1. The molecule has 1 aliphatic heterocycles. The van der Waals surface area contributed by atoms with E-state index in [1.54, 1.807) is 13.2 Å². The summed E-state index contributed by atoms with van der Waals surface area (Å²) >= 11 is 0. The number of allylic oxidation sites excluding steroid dienone is 1. The second-order valence-electron chi connectivity index (χ2n) is 6.78. The van der Waals surface area contributed by atoms with Gasteiger partial charge in [0, 0.05) is 38.2 Å². The molecule has 2 amide bonds. The fourth-order valence-electron chi connectivity index (χ4n) is 3.01. The van der Waals surface area contributed by atoms with E-state index in [1.165, 1.54) is 0 Å². The Balaban J connectivity index is 1.93. The van der Waals surface area contributed by atoms with E-state index in [4.69, 9.17) is 4.74 Å². The van der Waals surface area contributed by atoms with Crippen molar-refractivity contribution in [3.8, 4) is 5.75 Å². The van der Waals surface area contributed by atoms with Crippen molar-refractivity contribution < 1.29 is 14.3 Å². The number of rotatable bonds is 5. The minimum Gasteiger partial charge on any atom is -0.496 e. The Morgan fingerprint density at radius 2 is 1.72 bits per heavy atom. The first kappa shape index (κ1) is 19.0. The molecule has 1 aliphatic rings. The molecule has 0 bridgehead atoms. The van der Waals surface area contributed by atoms with Crippen molar-refractivity contribution in [3.63, 3.8) is 0 Å². The first-order valence-corrected chi connectivity index (χ1v) is 8.79. The van der Waals surface area contributed by atoms with Gasteiger partial charge in [0.25, 0.3) is 0 Å². The van der Waals surface area contributed by atoms with Gasteiger partial charge in [-0.25, -0.2) is 0 Å². The van der Waals surface area contributed by atoms with Gasteiger partial charge < -0.3 is 14.5 Å². The lowest BCUT2D eigenvalue weighted by Gasteiger charge is -2.35. The summed E-state index contributed by atoms with van der Waals surface area (Å²) in [6.07, 6.45) is 2.38. The van der Waals surface area contributed by atoms with Crippen molar-refractivity contribution in [1.29, 1.82) is 0 Å². The van der Waals surface area contributed by atoms with Gasteiger partial charge in [-0.05, 0) is 25.0 Å². The zero-order chi connectivity index (χ0) is 18.4. The molecule has 0 unspecified atom stereocenters. The highest BCUT2D eigenvalue weighted by atomic mass is 16.5. The van der Waals surface area contributed by atoms with E-state index in [0.717, 1.165) is 16.9 Å². The predicted molar refractivity (Wildman–Crippen MR) is 98.5 cm³/mol. The molecule has 25 heavy (non-hydrogen) atoms. The average molecular weight is 344 g/mol. The molecule has 5 nitrogen and oxygen atoms in total. The summed E-state index contributed by atoms with van der Waals surface area (Å²) in [5.74, 6) is 1.02. The van der Waals surface area contributed by atoms with Crippen LogP contribution in [0.25, 0.3) is 0 Å². The summed E-state index contributed by atoms with van der Waals surface area (Å²) in [7, 11) is 1.65. The average Bonchev–Trinajstić information content (AvgIpc) is 2.61. The van der Waals surface area contributed by atoms with E-state index >= 15 is 0 Å². The number of nitrogens with zero attached hydrogens (tertiary/aromatic N) is 2. The Labute approximate surface area is 150 Å².